The van der Waals surface area contributed by atoms with Crippen molar-refractivity contribution in [1.82, 2.24) is 9.97 Å². The van der Waals surface area contributed by atoms with E-state index in [2.05, 4.69) is 94.8 Å². The number of rotatable bonds is 8. The summed E-state index contributed by atoms with van der Waals surface area (Å²) >= 11 is 0. The SMILES string of the molecule is CCN(CC)c1ccc(Nc2cc(NCc3ccc(C)cc3)ncn2)cc1. The first-order chi connectivity index (χ1) is 13.2. The van der Waals surface area contributed by atoms with Gasteiger partial charge in [0.25, 0.3) is 0 Å². The summed E-state index contributed by atoms with van der Waals surface area (Å²) in [4.78, 5) is 10.9. The Hall–Kier alpha value is -3.08. The van der Waals surface area contributed by atoms with E-state index in [9.17, 15) is 0 Å². The third-order valence-corrected chi connectivity index (χ3v) is 4.53. The van der Waals surface area contributed by atoms with Gasteiger partial charge in [-0.25, -0.2) is 9.97 Å². The second-order valence-corrected chi connectivity index (χ2v) is 6.47. The molecule has 0 aliphatic carbocycles. The van der Waals surface area contributed by atoms with Crippen LogP contribution in [-0.4, -0.2) is 23.1 Å². The lowest BCUT2D eigenvalue weighted by Gasteiger charge is -2.21. The molecule has 140 valence electrons. The van der Waals surface area contributed by atoms with Crippen molar-refractivity contribution in [2.75, 3.05) is 28.6 Å². The van der Waals surface area contributed by atoms with Crippen LogP contribution in [0.1, 0.15) is 25.0 Å². The molecule has 0 unspecified atom stereocenters. The summed E-state index contributed by atoms with van der Waals surface area (Å²) in [7, 11) is 0. The van der Waals surface area contributed by atoms with E-state index >= 15 is 0 Å². The molecule has 5 heteroatoms. The number of nitrogens with zero attached hydrogens (tertiary/aromatic N) is 3. The lowest BCUT2D eigenvalue weighted by molar-refractivity contribution is 0.866. The number of hydrogen-bond acceptors (Lipinski definition) is 5. The zero-order chi connectivity index (χ0) is 19.1. The molecule has 2 N–H and O–H groups in total. The summed E-state index contributed by atoms with van der Waals surface area (Å²) in [5.41, 5.74) is 4.72. The maximum Gasteiger partial charge on any atom is 0.135 e. The lowest BCUT2D eigenvalue weighted by Crippen LogP contribution is -2.21. The van der Waals surface area contributed by atoms with Crippen LogP contribution in [0, 0.1) is 6.92 Å². The molecule has 0 saturated carbocycles. The Balaban J connectivity index is 1.62. The number of nitrogens with one attached hydrogen (secondary N) is 2. The molecule has 0 aliphatic heterocycles. The molecular formula is C22H27N5. The van der Waals surface area contributed by atoms with Crippen LogP contribution >= 0.6 is 0 Å². The fourth-order valence-corrected chi connectivity index (χ4v) is 2.91. The number of hydrogen-bond donors (Lipinski definition) is 2. The van der Waals surface area contributed by atoms with E-state index in [0.29, 0.717) is 0 Å². The van der Waals surface area contributed by atoms with Gasteiger partial charge in [-0.15, -0.1) is 0 Å². The fourth-order valence-electron chi connectivity index (χ4n) is 2.91. The summed E-state index contributed by atoms with van der Waals surface area (Å²) in [5, 5.41) is 6.69. The van der Waals surface area contributed by atoms with Gasteiger partial charge in [-0.05, 0) is 50.6 Å². The minimum atomic E-state index is 0.731. The highest BCUT2D eigenvalue weighted by Crippen LogP contribution is 2.21. The molecule has 0 atom stereocenters. The molecule has 1 aromatic heterocycles. The molecule has 1 heterocycles. The van der Waals surface area contributed by atoms with Crippen LogP contribution in [0.4, 0.5) is 23.0 Å². The molecule has 2 aromatic carbocycles. The average molecular weight is 361 g/mol. The molecule has 0 amide bonds. The zero-order valence-corrected chi connectivity index (χ0v) is 16.2. The first-order valence-corrected chi connectivity index (χ1v) is 9.41. The number of anilines is 4. The van der Waals surface area contributed by atoms with E-state index < -0.39 is 0 Å². The zero-order valence-electron chi connectivity index (χ0n) is 16.2. The van der Waals surface area contributed by atoms with E-state index in [-0.39, 0.29) is 0 Å². The number of aromatic nitrogens is 2. The summed E-state index contributed by atoms with van der Waals surface area (Å²) in [5.74, 6) is 1.57. The molecule has 0 aliphatic rings. The molecule has 0 spiro atoms. The second kappa shape index (κ2) is 9.03. The van der Waals surface area contributed by atoms with Gasteiger partial charge in [0.15, 0.2) is 0 Å². The number of benzene rings is 2. The first kappa shape index (κ1) is 18.7. The Bertz CT molecular complexity index is 839. The maximum absolute atomic E-state index is 4.32. The first-order valence-electron chi connectivity index (χ1n) is 9.41. The predicted molar refractivity (Wildman–Crippen MR) is 114 cm³/mol. The van der Waals surface area contributed by atoms with Gasteiger partial charge >= 0.3 is 0 Å². The normalized spacial score (nSPS) is 10.5. The minimum absolute atomic E-state index is 0.731. The van der Waals surface area contributed by atoms with Gasteiger partial charge in [-0.1, -0.05) is 29.8 Å². The van der Waals surface area contributed by atoms with Gasteiger partial charge in [0.1, 0.15) is 18.0 Å². The average Bonchev–Trinajstić information content (AvgIpc) is 2.70. The number of aryl methyl sites for hydroxylation is 1. The van der Waals surface area contributed by atoms with Crippen molar-refractivity contribution in [1.29, 1.82) is 0 Å². The Morgan fingerprint density at radius 2 is 1.52 bits per heavy atom. The van der Waals surface area contributed by atoms with Crippen molar-refractivity contribution in [3.8, 4) is 0 Å². The summed E-state index contributed by atoms with van der Waals surface area (Å²) in [6, 6.07) is 18.8. The van der Waals surface area contributed by atoms with Gasteiger partial charge < -0.3 is 15.5 Å². The molecule has 0 saturated heterocycles. The standard InChI is InChI=1S/C22H27N5/c1-4-27(5-2)20-12-10-19(11-13-20)26-22-14-21(24-16-25-22)23-15-18-8-6-17(3)7-9-18/h6-14,16H,4-5,15H2,1-3H3,(H2,23,24,25,26). The molecule has 0 fully saturated rings. The minimum Gasteiger partial charge on any atom is -0.372 e. The van der Waals surface area contributed by atoms with E-state index in [4.69, 9.17) is 0 Å². The van der Waals surface area contributed by atoms with Crippen LogP contribution in [0.5, 0.6) is 0 Å². The molecule has 0 bridgehead atoms. The van der Waals surface area contributed by atoms with Crippen LogP contribution < -0.4 is 15.5 Å². The van der Waals surface area contributed by atoms with Crippen LogP contribution in [0.25, 0.3) is 0 Å². The quantitative estimate of drug-likeness (QED) is 0.592. The van der Waals surface area contributed by atoms with Crippen molar-refractivity contribution in [3.63, 3.8) is 0 Å². The molecular weight excluding hydrogens is 334 g/mol. The highest BCUT2D eigenvalue weighted by molar-refractivity contribution is 5.62. The van der Waals surface area contributed by atoms with Crippen LogP contribution in [0.3, 0.4) is 0 Å². The van der Waals surface area contributed by atoms with E-state index in [0.717, 1.165) is 37.0 Å². The predicted octanol–water partition coefficient (Wildman–Crippen LogP) is 4.99. The van der Waals surface area contributed by atoms with Gasteiger partial charge in [-0.2, -0.15) is 0 Å². The van der Waals surface area contributed by atoms with Crippen LogP contribution in [0.15, 0.2) is 60.9 Å². The molecule has 0 radical (unpaired) electrons. The summed E-state index contributed by atoms with van der Waals surface area (Å²) < 4.78 is 0. The van der Waals surface area contributed by atoms with Crippen molar-refractivity contribution in [3.05, 3.63) is 72.1 Å². The van der Waals surface area contributed by atoms with Gasteiger partial charge in [0.05, 0.1) is 0 Å². The van der Waals surface area contributed by atoms with Crippen molar-refractivity contribution >= 4 is 23.0 Å². The van der Waals surface area contributed by atoms with Crippen molar-refractivity contribution in [2.45, 2.75) is 27.3 Å². The summed E-state index contributed by atoms with van der Waals surface area (Å²) in [6.45, 7) is 9.17. The molecule has 5 nitrogen and oxygen atoms in total. The van der Waals surface area contributed by atoms with Gasteiger partial charge in [-0.3, -0.25) is 0 Å². The Kier molecular flexibility index (Phi) is 6.26. The van der Waals surface area contributed by atoms with Gasteiger partial charge in [0, 0.05) is 37.1 Å². The molecule has 3 aromatic rings. The summed E-state index contributed by atoms with van der Waals surface area (Å²) in [6.07, 6.45) is 1.57. The molecule has 27 heavy (non-hydrogen) atoms. The maximum atomic E-state index is 4.32. The largest absolute Gasteiger partial charge is 0.372 e. The molecule has 3 rings (SSSR count). The Morgan fingerprint density at radius 1 is 0.852 bits per heavy atom. The van der Waals surface area contributed by atoms with E-state index in [1.165, 1.54) is 16.8 Å². The van der Waals surface area contributed by atoms with Crippen LogP contribution in [-0.2, 0) is 6.54 Å². The third-order valence-electron chi connectivity index (χ3n) is 4.53. The van der Waals surface area contributed by atoms with Crippen molar-refractivity contribution < 1.29 is 0 Å². The topological polar surface area (TPSA) is 53.1 Å². The highest BCUT2D eigenvalue weighted by atomic mass is 15.1. The van der Waals surface area contributed by atoms with Gasteiger partial charge in [0.2, 0.25) is 0 Å². The van der Waals surface area contributed by atoms with E-state index in [1.807, 2.05) is 6.07 Å². The van der Waals surface area contributed by atoms with Crippen molar-refractivity contribution in [2.24, 2.45) is 0 Å². The fraction of sp³-hybridized carbons (Fsp3) is 0.273. The third kappa shape index (κ3) is 5.20. The van der Waals surface area contributed by atoms with Crippen LogP contribution in [0.2, 0.25) is 0 Å². The Labute approximate surface area is 161 Å². The Morgan fingerprint density at radius 3 is 2.19 bits per heavy atom. The monoisotopic (exact) mass is 361 g/mol. The highest BCUT2D eigenvalue weighted by Gasteiger charge is 2.03. The second-order valence-electron chi connectivity index (χ2n) is 6.47. The van der Waals surface area contributed by atoms with E-state index in [1.54, 1.807) is 6.33 Å². The smallest absolute Gasteiger partial charge is 0.135 e. The lowest BCUT2D eigenvalue weighted by atomic mass is 10.1.